The van der Waals surface area contributed by atoms with E-state index in [0.717, 1.165) is 43.3 Å². The van der Waals surface area contributed by atoms with Gasteiger partial charge in [0.25, 0.3) is 11.5 Å². The predicted octanol–water partition coefficient (Wildman–Crippen LogP) is 2.77. The number of rotatable bonds is 9. The smallest absolute Gasteiger partial charge is 0.332 e. The lowest BCUT2D eigenvalue weighted by Gasteiger charge is -2.26. The molecule has 1 N–H and O–H groups in total. The average Bonchev–Trinajstić information content (AvgIpc) is 2.97. The van der Waals surface area contributed by atoms with Crippen molar-refractivity contribution in [3.63, 3.8) is 0 Å². The zero-order chi connectivity index (χ0) is 28.1. The lowest BCUT2D eigenvalue weighted by molar-refractivity contribution is -0.122. The quantitative estimate of drug-likeness (QED) is 0.450. The molecule has 1 aliphatic heterocycles. The standard InChI is InChI=1S/C29H36N4O6/c1-5-19(2)30-26(34)18-32-23-16-25(39-4)24(38-3)15-22(23)28(36)33(29(32)37)17-20-9-11-21(12-10-20)27(35)31-13-7-6-8-14-31/h9-12,15-16,19H,5-8,13-14,17-18H2,1-4H3,(H,30,34)/t19-/m0/s1. The van der Waals surface area contributed by atoms with Crippen LogP contribution >= 0.6 is 0 Å². The second kappa shape index (κ2) is 12.2. The summed E-state index contributed by atoms with van der Waals surface area (Å²) >= 11 is 0. The molecule has 0 unspecified atom stereocenters. The fourth-order valence-corrected chi connectivity index (χ4v) is 4.82. The van der Waals surface area contributed by atoms with Crippen LogP contribution in [0.15, 0.2) is 46.0 Å². The van der Waals surface area contributed by atoms with Crippen LogP contribution in [-0.2, 0) is 17.9 Å². The summed E-state index contributed by atoms with van der Waals surface area (Å²) in [4.78, 5) is 54.7. The molecular formula is C29H36N4O6. The van der Waals surface area contributed by atoms with Crippen molar-refractivity contribution in [3.05, 3.63) is 68.4 Å². The molecule has 10 nitrogen and oxygen atoms in total. The molecule has 0 bridgehead atoms. The third kappa shape index (κ3) is 6.00. The Morgan fingerprint density at radius 2 is 1.59 bits per heavy atom. The normalized spacial score (nSPS) is 14.2. The lowest BCUT2D eigenvalue weighted by Crippen LogP contribution is -2.44. The van der Waals surface area contributed by atoms with Crippen molar-refractivity contribution in [2.75, 3.05) is 27.3 Å². The topological polar surface area (TPSA) is 112 Å². The van der Waals surface area contributed by atoms with Gasteiger partial charge in [-0.2, -0.15) is 0 Å². The highest BCUT2D eigenvalue weighted by Crippen LogP contribution is 2.30. The van der Waals surface area contributed by atoms with Crippen LogP contribution in [0, 0.1) is 0 Å². The lowest BCUT2D eigenvalue weighted by atomic mass is 10.1. The van der Waals surface area contributed by atoms with Gasteiger partial charge in [-0.1, -0.05) is 19.1 Å². The number of fused-ring (bicyclic) bond motifs is 1. The van der Waals surface area contributed by atoms with Gasteiger partial charge in [0.2, 0.25) is 5.91 Å². The van der Waals surface area contributed by atoms with Crippen molar-refractivity contribution in [2.45, 2.75) is 58.7 Å². The molecule has 2 amide bonds. The molecule has 1 aromatic heterocycles. The van der Waals surface area contributed by atoms with Crippen LogP contribution in [0.4, 0.5) is 0 Å². The number of amides is 2. The van der Waals surface area contributed by atoms with E-state index in [4.69, 9.17) is 9.47 Å². The van der Waals surface area contributed by atoms with Crippen LogP contribution in [-0.4, -0.2) is 59.2 Å². The molecule has 1 aliphatic rings. The molecule has 1 atom stereocenters. The van der Waals surface area contributed by atoms with E-state index in [2.05, 4.69) is 5.32 Å². The summed E-state index contributed by atoms with van der Waals surface area (Å²) in [7, 11) is 2.92. The van der Waals surface area contributed by atoms with Crippen LogP contribution in [0.3, 0.4) is 0 Å². The number of likely N-dealkylation sites (tertiary alicyclic amines) is 1. The van der Waals surface area contributed by atoms with Crippen LogP contribution in [0.5, 0.6) is 11.5 Å². The van der Waals surface area contributed by atoms with Gasteiger partial charge < -0.3 is 19.7 Å². The molecule has 0 radical (unpaired) electrons. The van der Waals surface area contributed by atoms with Crippen molar-refractivity contribution in [1.29, 1.82) is 0 Å². The van der Waals surface area contributed by atoms with Crippen molar-refractivity contribution < 1.29 is 19.1 Å². The summed E-state index contributed by atoms with van der Waals surface area (Å²) in [6.07, 6.45) is 3.89. The molecule has 1 saturated heterocycles. The first-order chi connectivity index (χ1) is 18.8. The Hall–Kier alpha value is -4.08. The Kier molecular flexibility index (Phi) is 8.73. The van der Waals surface area contributed by atoms with Crippen molar-refractivity contribution in [1.82, 2.24) is 19.4 Å². The van der Waals surface area contributed by atoms with E-state index < -0.39 is 11.2 Å². The van der Waals surface area contributed by atoms with Crippen LogP contribution in [0.2, 0.25) is 0 Å². The first-order valence-corrected chi connectivity index (χ1v) is 13.3. The molecule has 3 aromatic rings. The number of hydrogen-bond acceptors (Lipinski definition) is 6. The first-order valence-electron chi connectivity index (χ1n) is 13.3. The molecule has 2 aromatic carbocycles. The number of hydrogen-bond donors (Lipinski definition) is 1. The maximum Gasteiger partial charge on any atom is 0.332 e. The summed E-state index contributed by atoms with van der Waals surface area (Å²) in [5.74, 6) is 0.322. The number of nitrogens with one attached hydrogen (secondary N) is 1. The molecule has 39 heavy (non-hydrogen) atoms. The van der Waals surface area contributed by atoms with Crippen molar-refractivity contribution in [3.8, 4) is 11.5 Å². The second-order valence-corrected chi connectivity index (χ2v) is 9.91. The highest BCUT2D eigenvalue weighted by Gasteiger charge is 2.21. The van der Waals surface area contributed by atoms with E-state index in [9.17, 15) is 19.2 Å². The molecule has 0 spiro atoms. The number of nitrogens with zero attached hydrogens (tertiary/aromatic N) is 3. The van der Waals surface area contributed by atoms with E-state index >= 15 is 0 Å². The van der Waals surface area contributed by atoms with Crippen LogP contribution in [0.1, 0.15) is 55.5 Å². The highest BCUT2D eigenvalue weighted by molar-refractivity contribution is 5.94. The number of methoxy groups -OCH3 is 2. The molecular weight excluding hydrogens is 500 g/mol. The van der Waals surface area contributed by atoms with Gasteiger partial charge in [-0.05, 0) is 56.4 Å². The van der Waals surface area contributed by atoms with Gasteiger partial charge in [-0.15, -0.1) is 0 Å². The second-order valence-electron chi connectivity index (χ2n) is 9.91. The Balaban J connectivity index is 1.74. The Bertz CT molecular complexity index is 1470. The highest BCUT2D eigenvalue weighted by atomic mass is 16.5. The first kappa shape index (κ1) is 27.9. The zero-order valence-corrected chi connectivity index (χ0v) is 23.0. The summed E-state index contributed by atoms with van der Waals surface area (Å²) in [6, 6.07) is 9.96. The van der Waals surface area contributed by atoms with E-state index in [-0.39, 0.29) is 41.8 Å². The average molecular weight is 537 g/mol. The third-order valence-corrected chi connectivity index (χ3v) is 7.24. The summed E-state index contributed by atoms with van der Waals surface area (Å²) in [6.45, 7) is 5.06. The van der Waals surface area contributed by atoms with E-state index in [1.165, 1.54) is 24.9 Å². The van der Waals surface area contributed by atoms with Gasteiger partial charge in [0, 0.05) is 30.8 Å². The predicted molar refractivity (Wildman–Crippen MR) is 149 cm³/mol. The number of carbonyl (C=O) groups is 2. The van der Waals surface area contributed by atoms with Gasteiger partial charge in [-0.3, -0.25) is 23.5 Å². The van der Waals surface area contributed by atoms with Gasteiger partial charge >= 0.3 is 5.69 Å². The molecule has 10 heteroatoms. The third-order valence-electron chi connectivity index (χ3n) is 7.24. The molecule has 2 heterocycles. The van der Waals surface area contributed by atoms with Crippen molar-refractivity contribution in [2.24, 2.45) is 0 Å². The fourth-order valence-electron chi connectivity index (χ4n) is 4.82. The van der Waals surface area contributed by atoms with E-state index in [0.29, 0.717) is 22.6 Å². The number of aromatic nitrogens is 2. The summed E-state index contributed by atoms with van der Waals surface area (Å²) in [5.41, 5.74) is 0.401. The van der Waals surface area contributed by atoms with Crippen molar-refractivity contribution >= 4 is 22.7 Å². The number of carbonyl (C=O) groups excluding carboxylic acids is 2. The van der Waals surface area contributed by atoms with Gasteiger partial charge in [-0.25, -0.2) is 4.79 Å². The largest absolute Gasteiger partial charge is 0.493 e. The molecule has 0 aliphatic carbocycles. The van der Waals surface area contributed by atoms with Gasteiger partial charge in [0.05, 0.1) is 31.7 Å². The minimum Gasteiger partial charge on any atom is -0.493 e. The number of benzene rings is 2. The Labute approximate surface area is 227 Å². The minimum atomic E-state index is -0.618. The minimum absolute atomic E-state index is 0.0140. The number of ether oxygens (including phenoxy) is 2. The fraction of sp³-hybridized carbons (Fsp3) is 0.448. The Morgan fingerprint density at radius 1 is 0.949 bits per heavy atom. The number of piperidine rings is 1. The summed E-state index contributed by atoms with van der Waals surface area (Å²) < 4.78 is 13.2. The van der Waals surface area contributed by atoms with Crippen LogP contribution in [0.25, 0.3) is 10.9 Å². The molecule has 1 fully saturated rings. The molecule has 4 rings (SSSR count). The van der Waals surface area contributed by atoms with E-state index in [1.807, 2.05) is 18.7 Å². The molecule has 0 saturated carbocycles. The summed E-state index contributed by atoms with van der Waals surface area (Å²) in [5, 5.41) is 3.09. The SMILES string of the molecule is CC[C@H](C)NC(=O)Cn1c(=O)n(Cc2ccc(C(=O)N3CCCCC3)cc2)c(=O)c2cc(OC)c(OC)cc21. The van der Waals surface area contributed by atoms with Gasteiger partial charge in [0.1, 0.15) is 6.54 Å². The Morgan fingerprint density at radius 3 is 2.21 bits per heavy atom. The molecule has 208 valence electrons. The maximum absolute atomic E-state index is 13.6. The zero-order valence-electron chi connectivity index (χ0n) is 23.0. The van der Waals surface area contributed by atoms with Crippen LogP contribution < -0.4 is 26.0 Å². The monoisotopic (exact) mass is 536 g/mol. The maximum atomic E-state index is 13.6. The van der Waals surface area contributed by atoms with Gasteiger partial charge in [0.15, 0.2) is 11.5 Å². The van der Waals surface area contributed by atoms with E-state index in [1.54, 1.807) is 30.3 Å².